The fourth-order valence-corrected chi connectivity index (χ4v) is 2.93. The summed E-state index contributed by atoms with van der Waals surface area (Å²) in [5.74, 6) is 0.808. The van der Waals surface area contributed by atoms with Crippen LogP contribution >= 0.6 is 24.8 Å². The van der Waals surface area contributed by atoms with E-state index in [1.165, 1.54) is 0 Å². The van der Waals surface area contributed by atoms with Crippen molar-refractivity contribution in [3.63, 3.8) is 0 Å². The Kier molecular flexibility index (Phi) is 7.89. The van der Waals surface area contributed by atoms with Crippen LogP contribution in [0.2, 0.25) is 0 Å². The highest BCUT2D eigenvalue weighted by atomic mass is 35.5. The van der Waals surface area contributed by atoms with Crippen LogP contribution in [0.25, 0.3) is 0 Å². The summed E-state index contributed by atoms with van der Waals surface area (Å²) in [5, 5.41) is 3.29. The van der Waals surface area contributed by atoms with Crippen LogP contribution < -0.4 is 5.32 Å². The zero-order chi connectivity index (χ0) is 13.9. The molecule has 2 aliphatic heterocycles. The first-order valence-corrected chi connectivity index (χ1v) is 7.73. The summed E-state index contributed by atoms with van der Waals surface area (Å²) < 4.78 is 0. The van der Waals surface area contributed by atoms with Gasteiger partial charge in [-0.05, 0) is 12.8 Å². The number of amides is 2. The first-order valence-electron chi connectivity index (χ1n) is 7.73. The molecule has 3 rings (SSSR count). The molecule has 6 nitrogen and oxygen atoms in total. The van der Waals surface area contributed by atoms with Crippen molar-refractivity contribution in [2.24, 2.45) is 5.92 Å². The zero-order valence-corrected chi connectivity index (χ0v) is 14.5. The third-order valence-corrected chi connectivity index (χ3v) is 4.44. The van der Waals surface area contributed by atoms with Gasteiger partial charge in [0, 0.05) is 58.3 Å². The molecule has 0 bridgehead atoms. The molecular formula is C14H26Cl2N4O2. The molecule has 0 aromatic rings. The van der Waals surface area contributed by atoms with Gasteiger partial charge in [0.25, 0.3) is 0 Å². The van der Waals surface area contributed by atoms with Gasteiger partial charge in [-0.2, -0.15) is 0 Å². The largest absolute Gasteiger partial charge is 0.339 e. The number of nitrogens with one attached hydrogen (secondary N) is 1. The Hall–Kier alpha value is -0.560. The van der Waals surface area contributed by atoms with E-state index in [9.17, 15) is 9.59 Å². The summed E-state index contributed by atoms with van der Waals surface area (Å²) in [6.45, 7) is 7.18. The first-order chi connectivity index (χ1) is 9.74. The molecule has 2 amide bonds. The molecule has 3 aliphatic rings. The quantitative estimate of drug-likeness (QED) is 0.765. The number of hydrogen-bond donors (Lipinski definition) is 1. The lowest BCUT2D eigenvalue weighted by Crippen LogP contribution is -2.54. The lowest BCUT2D eigenvalue weighted by molar-refractivity contribution is -0.141. The van der Waals surface area contributed by atoms with Crippen molar-refractivity contribution in [2.75, 3.05) is 58.9 Å². The molecular weight excluding hydrogens is 327 g/mol. The SMILES string of the molecule is Cl.Cl.O=C(CN1CCNCC1)N1CCN(C(=O)C2CC2)CC1. The molecule has 8 heteroatoms. The number of nitrogens with zero attached hydrogens (tertiary/aromatic N) is 3. The molecule has 0 aromatic carbocycles. The van der Waals surface area contributed by atoms with E-state index in [2.05, 4.69) is 10.2 Å². The fraction of sp³-hybridized carbons (Fsp3) is 0.857. The Morgan fingerprint density at radius 3 is 1.95 bits per heavy atom. The van der Waals surface area contributed by atoms with Crippen molar-refractivity contribution in [2.45, 2.75) is 12.8 Å². The number of halogens is 2. The van der Waals surface area contributed by atoms with Gasteiger partial charge >= 0.3 is 0 Å². The first kappa shape index (κ1) is 19.5. The lowest BCUT2D eigenvalue weighted by Gasteiger charge is -2.36. The second-order valence-electron chi connectivity index (χ2n) is 6.01. The van der Waals surface area contributed by atoms with E-state index in [1.807, 2.05) is 9.80 Å². The third-order valence-electron chi connectivity index (χ3n) is 4.44. The highest BCUT2D eigenvalue weighted by molar-refractivity contribution is 5.85. The van der Waals surface area contributed by atoms with Crippen LogP contribution in [-0.2, 0) is 9.59 Å². The van der Waals surface area contributed by atoms with Gasteiger partial charge in [-0.3, -0.25) is 14.5 Å². The second kappa shape index (κ2) is 8.91. The minimum Gasteiger partial charge on any atom is -0.339 e. The van der Waals surface area contributed by atoms with Crippen molar-refractivity contribution >= 4 is 36.6 Å². The van der Waals surface area contributed by atoms with Crippen molar-refractivity contribution in [1.29, 1.82) is 0 Å². The number of carbonyl (C=O) groups is 2. The molecule has 22 heavy (non-hydrogen) atoms. The van der Waals surface area contributed by atoms with Gasteiger partial charge in [0.2, 0.25) is 11.8 Å². The second-order valence-corrected chi connectivity index (χ2v) is 6.01. The third kappa shape index (κ3) is 4.98. The molecule has 0 atom stereocenters. The van der Waals surface area contributed by atoms with Crippen molar-refractivity contribution in [3.05, 3.63) is 0 Å². The Balaban J connectivity index is 0.00000121. The van der Waals surface area contributed by atoms with Crippen molar-refractivity contribution < 1.29 is 9.59 Å². The summed E-state index contributed by atoms with van der Waals surface area (Å²) in [6.07, 6.45) is 2.11. The van der Waals surface area contributed by atoms with Crippen LogP contribution in [0, 0.1) is 5.92 Å². The van der Waals surface area contributed by atoms with E-state index < -0.39 is 0 Å². The van der Waals surface area contributed by atoms with Gasteiger partial charge in [0.1, 0.15) is 0 Å². The molecule has 1 saturated carbocycles. The average Bonchev–Trinajstić information content (AvgIpc) is 3.32. The van der Waals surface area contributed by atoms with Gasteiger partial charge in [0.05, 0.1) is 6.54 Å². The zero-order valence-electron chi connectivity index (χ0n) is 12.8. The summed E-state index contributed by atoms with van der Waals surface area (Å²) >= 11 is 0. The van der Waals surface area contributed by atoms with Gasteiger partial charge in [-0.15, -0.1) is 24.8 Å². The smallest absolute Gasteiger partial charge is 0.236 e. The summed E-state index contributed by atoms with van der Waals surface area (Å²) in [7, 11) is 0. The van der Waals surface area contributed by atoms with E-state index in [-0.39, 0.29) is 36.6 Å². The monoisotopic (exact) mass is 352 g/mol. The van der Waals surface area contributed by atoms with Crippen LogP contribution in [0.5, 0.6) is 0 Å². The van der Waals surface area contributed by atoms with Gasteiger partial charge in [-0.1, -0.05) is 0 Å². The molecule has 128 valence electrons. The summed E-state index contributed by atoms with van der Waals surface area (Å²) in [6, 6.07) is 0. The van der Waals surface area contributed by atoms with Gasteiger partial charge < -0.3 is 15.1 Å². The Bertz CT molecular complexity index is 379. The molecule has 0 spiro atoms. The molecule has 0 unspecified atom stereocenters. The van der Waals surface area contributed by atoms with Gasteiger partial charge in [-0.25, -0.2) is 0 Å². The van der Waals surface area contributed by atoms with E-state index >= 15 is 0 Å². The van der Waals surface area contributed by atoms with Crippen LogP contribution in [0.3, 0.4) is 0 Å². The molecule has 3 fully saturated rings. The molecule has 2 saturated heterocycles. The molecule has 2 heterocycles. The summed E-state index contributed by atoms with van der Waals surface area (Å²) in [4.78, 5) is 30.3. The maximum absolute atomic E-state index is 12.2. The Morgan fingerprint density at radius 1 is 0.864 bits per heavy atom. The maximum Gasteiger partial charge on any atom is 0.236 e. The van der Waals surface area contributed by atoms with E-state index in [0.29, 0.717) is 38.6 Å². The topological polar surface area (TPSA) is 55.9 Å². The van der Waals surface area contributed by atoms with Crippen LogP contribution in [0.1, 0.15) is 12.8 Å². The fourth-order valence-electron chi connectivity index (χ4n) is 2.93. The number of rotatable bonds is 3. The maximum atomic E-state index is 12.2. The van der Waals surface area contributed by atoms with E-state index in [1.54, 1.807) is 0 Å². The van der Waals surface area contributed by atoms with Crippen molar-refractivity contribution in [1.82, 2.24) is 20.0 Å². The minimum atomic E-state index is 0. The van der Waals surface area contributed by atoms with Crippen LogP contribution in [-0.4, -0.2) is 85.4 Å². The van der Waals surface area contributed by atoms with Crippen LogP contribution in [0.15, 0.2) is 0 Å². The number of hydrogen-bond acceptors (Lipinski definition) is 4. The molecule has 1 aliphatic carbocycles. The predicted molar refractivity (Wildman–Crippen MR) is 89.7 cm³/mol. The predicted octanol–water partition coefficient (Wildman–Crippen LogP) is -0.184. The van der Waals surface area contributed by atoms with Crippen LogP contribution in [0.4, 0.5) is 0 Å². The minimum absolute atomic E-state index is 0. The highest BCUT2D eigenvalue weighted by Crippen LogP contribution is 2.31. The molecule has 0 aromatic heterocycles. The van der Waals surface area contributed by atoms with Crippen molar-refractivity contribution in [3.8, 4) is 0 Å². The van der Waals surface area contributed by atoms with Gasteiger partial charge in [0.15, 0.2) is 0 Å². The molecule has 1 N–H and O–H groups in total. The highest BCUT2D eigenvalue weighted by Gasteiger charge is 2.35. The standard InChI is InChI=1S/C14H24N4O2.2ClH/c19-13(11-16-5-3-15-4-6-16)17-7-9-18(10-8-17)14(20)12-1-2-12;;/h12,15H,1-11H2;2*1H. The number of carbonyl (C=O) groups excluding carboxylic acids is 2. The normalized spacial score (nSPS) is 22.5. The number of piperazine rings is 2. The van der Waals surface area contributed by atoms with E-state index in [0.717, 1.165) is 39.0 Å². The Morgan fingerprint density at radius 2 is 1.41 bits per heavy atom. The molecule has 0 radical (unpaired) electrons. The Labute approximate surface area is 144 Å². The average molecular weight is 353 g/mol. The summed E-state index contributed by atoms with van der Waals surface area (Å²) in [5.41, 5.74) is 0. The van der Waals surface area contributed by atoms with E-state index in [4.69, 9.17) is 0 Å². The lowest BCUT2D eigenvalue weighted by atomic mass is 10.2.